The molecule has 5 nitrogen and oxygen atoms in total. The second kappa shape index (κ2) is 6.84. The lowest BCUT2D eigenvalue weighted by atomic mass is 10.2. The molecule has 0 atom stereocenters. The second-order valence-electron chi connectivity index (χ2n) is 4.86. The minimum Gasteiger partial charge on any atom is -0.379 e. The van der Waals surface area contributed by atoms with Crippen LogP contribution in [-0.4, -0.2) is 51.9 Å². The molecule has 6 heteroatoms. The third-order valence-electron chi connectivity index (χ3n) is 3.26. The van der Waals surface area contributed by atoms with Crippen LogP contribution in [0.25, 0.3) is 0 Å². The Balaban J connectivity index is 1.91. The molecule has 0 amide bonds. The van der Waals surface area contributed by atoms with Crippen LogP contribution in [0.4, 0.5) is 0 Å². The van der Waals surface area contributed by atoms with Crippen LogP contribution in [0.2, 0.25) is 0 Å². The number of nitriles is 1. The molecule has 2 rings (SSSR count). The molecule has 0 aliphatic carbocycles. The molecule has 1 heterocycles. The molecular formula is C14H18N2O3S. The zero-order valence-corrected chi connectivity index (χ0v) is 12.1. The molecule has 0 saturated carbocycles. The Kier molecular flexibility index (Phi) is 5.12. The van der Waals surface area contributed by atoms with Crippen molar-refractivity contribution in [1.82, 2.24) is 4.90 Å². The van der Waals surface area contributed by atoms with E-state index in [9.17, 15) is 8.42 Å². The second-order valence-corrected chi connectivity index (χ2v) is 7.04. The van der Waals surface area contributed by atoms with E-state index in [0.717, 1.165) is 13.1 Å². The highest BCUT2D eigenvalue weighted by Crippen LogP contribution is 2.10. The summed E-state index contributed by atoms with van der Waals surface area (Å²) < 4.78 is 29.4. The van der Waals surface area contributed by atoms with Crippen molar-refractivity contribution >= 4 is 9.84 Å². The summed E-state index contributed by atoms with van der Waals surface area (Å²) >= 11 is 0. The first-order valence-electron chi connectivity index (χ1n) is 6.59. The van der Waals surface area contributed by atoms with Crippen molar-refractivity contribution in [3.63, 3.8) is 0 Å². The van der Waals surface area contributed by atoms with Gasteiger partial charge in [0, 0.05) is 19.6 Å². The van der Waals surface area contributed by atoms with E-state index in [2.05, 4.69) is 4.90 Å². The van der Waals surface area contributed by atoms with Gasteiger partial charge in [0.25, 0.3) is 0 Å². The quantitative estimate of drug-likeness (QED) is 0.803. The van der Waals surface area contributed by atoms with Crippen LogP contribution in [-0.2, 0) is 20.3 Å². The number of benzene rings is 1. The molecule has 1 aromatic carbocycles. The first kappa shape index (κ1) is 15.0. The Morgan fingerprint density at radius 3 is 2.75 bits per heavy atom. The molecule has 1 aliphatic heterocycles. The van der Waals surface area contributed by atoms with Crippen molar-refractivity contribution in [2.45, 2.75) is 5.75 Å². The predicted octanol–water partition coefficient (Wildman–Crippen LogP) is 0.805. The normalized spacial score (nSPS) is 16.8. The number of sulfone groups is 1. The lowest BCUT2D eigenvalue weighted by molar-refractivity contribution is 0.0408. The summed E-state index contributed by atoms with van der Waals surface area (Å²) in [6, 6.07) is 8.78. The number of rotatable bonds is 5. The topological polar surface area (TPSA) is 70.4 Å². The summed E-state index contributed by atoms with van der Waals surface area (Å²) in [5, 5.41) is 8.82. The summed E-state index contributed by atoms with van der Waals surface area (Å²) in [5.74, 6) is 0.136. The molecule has 0 radical (unpaired) electrons. The van der Waals surface area contributed by atoms with Gasteiger partial charge < -0.3 is 4.74 Å². The summed E-state index contributed by atoms with van der Waals surface area (Å²) in [6.45, 7) is 3.47. The summed E-state index contributed by atoms with van der Waals surface area (Å²) in [5.41, 5.74) is 1.16. The van der Waals surface area contributed by atoms with E-state index in [-0.39, 0.29) is 11.5 Å². The highest BCUT2D eigenvalue weighted by atomic mass is 32.2. The standard InChI is InChI=1S/C14H18N2O3S/c15-11-13-2-1-3-14(10-13)12-20(17,18)9-6-16-4-7-19-8-5-16/h1-3,10H,4-9,12H2. The molecule has 1 aliphatic rings. The SMILES string of the molecule is N#Cc1cccc(CS(=O)(=O)CCN2CCOCC2)c1. The van der Waals surface area contributed by atoms with E-state index < -0.39 is 9.84 Å². The maximum atomic E-state index is 12.1. The smallest absolute Gasteiger partial charge is 0.155 e. The Labute approximate surface area is 119 Å². The first-order valence-corrected chi connectivity index (χ1v) is 8.41. The Morgan fingerprint density at radius 1 is 1.30 bits per heavy atom. The third kappa shape index (κ3) is 4.60. The van der Waals surface area contributed by atoms with Gasteiger partial charge in [-0.05, 0) is 17.7 Å². The van der Waals surface area contributed by atoms with Crippen molar-refractivity contribution in [2.24, 2.45) is 0 Å². The van der Waals surface area contributed by atoms with Gasteiger partial charge >= 0.3 is 0 Å². The molecule has 0 spiro atoms. The maximum absolute atomic E-state index is 12.1. The van der Waals surface area contributed by atoms with Crippen LogP contribution in [0, 0.1) is 11.3 Å². The molecule has 108 valence electrons. The van der Waals surface area contributed by atoms with Crippen LogP contribution >= 0.6 is 0 Å². The van der Waals surface area contributed by atoms with Crippen molar-refractivity contribution in [1.29, 1.82) is 5.26 Å². The van der Waals surface area contributed by atoms with Gasteiger partial charge in [0.05, 0.1) is 36.4 Å². The molecule has 20 heavy (non-hydrogen) atoms. The van der Waals surface area contributed by atoms with E-state index in [1.54, 1.807) is 24.3 Å². The molecular weight excluding hydrogens is 276 g/mol. The minimum absolute atomic E-state index is 0.00708. The van der Waals surface area contributed by atoms with E-state index in [1.807, 2.05) is 6.07 Å². The van der Waals surface area contributed by atoms with Crippen molar-refractivity contribution in [2.75, 3.05) is 38.6 Å². The molecule has 0 aromatic heterocycles. The van der Waals surface area contributed by atoms with Gasteiger partial charge in [-0.15, -0.1) is 0 Å². The average molecular weight is 294 g/mol. The van der Waals surface area contributed by atoms with Gasteiger partial charge in [-0.3, -0.25) is 4.90 Å². The number of morpholine rings is 1. The number of ether oxygens (including phenoxy) is 1. The molecule has 1 saturated heterocycles. The zero-order chi connectivity index (χ0) is 14.4. The Morgan fingerprint density at radius 2 is 2.05 bits per heavy atom. The average Bonchev–Trinajstić information content (AvgIpc) is 2.46. The van der Waals surface area contributed by atoms with Gasteiger partial charge in [0.15, 0.2) is 9.84 Å². The van der Waals surface area contributed by atoms with Crippen molar-refractivity contribution in [3.8, 4) is 6.07 Å². The molecule has 0 N–H and O–H groups in total. The van der Waals surface area contributed by atoms with Crippen LogP contribution in [0.1, 0.15) is 11.1 Å². The van der Waals surface area contributed by atoms with Crippen molar-refractivity contribution < 1.29 is 13.2 Å². The molecule has 1 fully saturated rings. The number of hydrogen-bond donors (Lipinski definition) is 0. The first-order chi connectivity index (χ1) is 9.59. The van der Waals surface area contributed by atoms with E-state index in [0.29, 0.717) is 30.9 Å². The van der Waals surface area contributed by atoms with E-state index in [4.69, 9.17) is 10.00 Å². The minimum atomic E-state index is -3.15. The van der Waals surface area contributed by atoms with Gasteiger partial charge in [-0.2, -0.15) is 5.26 Å². The molecule has 0 unspecified atom stereocenters. The predicted molar refractivity (Wildman–Crippen MR) is 75.9 cm³/mol. The fourth-order valence-corrected chi connectivity index (χ4v) is 3.52. The van der Waals surface area contributed by atoms with Crippen LogP contribution in [0.3, 0.4) is 0 Å². The Hall–Kier alpha value is -1.42. The fourth-order valence-electron chi connectivity index (χ4n) is 2.15. The Bertz CT molecular complexity index is 587. The van der Waals surface area contributed by atoms with Gasteiger partial charge in [0.2, 0.25) is 0 Å². The van der Waals surface area contributed by atoms with E-state index in [1.165, 1.54) is 0 Å². The highest BCUT2D eigenvalue weighted by Gasteiger charge is 2.16. The summed E-state index contributed by atoms with van der Waals surface area (Å²) in [4.78, 5) is 2.10. The van der Waals surface area contributed by atoms with Crippen molar-refractivity contribution in [3.05, 3.63) is 35.4 Å². The summed E-state index contributed by atoms with van der Waals surface area (Å²) in [6.07, 6.45) is 0. The van der Waals surface area contributed by atoms with Gasteiger partial charge in [0.1, 0.15) is 0 Å². The van der Waals surface area contributed by atoms with Crippen LogP contribution in [0.5, 0.6) is 0 Å². The zero-order valence-electron chi connectivity index (χ0n) is 11.3. The molecule has 0 bridgehead atoms. The number of hydrogen-bond acceptors (Lipinski definition) is 5. The summed E-state index contributed by atoms with van der Waals surface area (Å²) in [7, 11) is -3.15. The largest absolute Gasteiger partial charge is 0.379 e. The maximum Gasteiger partial charge on any atom is 0.155 e. The van der Waals surface area contributed by atoms with Gasteiger partial charge in [-0.1, -0.05) is 12.1 Å². The number of nitrogens with zero attached hydrogens (tertiary/aromatic N) is 2. The third-order valence-corrected chi connectivity index (χ3v) is 4.84. The highest BCUT2D eigenvalue weighted by molar-refractivity contribution is 7.90. The lowest BCUT2D eigenvalue weighted by Gasteiger charge is -2.26. The van der Waals surface area contributed by atoms with Crippen LogP contribution < -0.4 is 0 Å². The molecule has 1 aromatic rings. The van der Waals surface area contributed by atoms with Crippen LogP contribution in [0.15, 0.2) is 24.3 Å². The van der Waals surface area contributed by atoms with Gasteiger partial charge in [-0.25, -0.2) is 8.42 Å². The lowest BCUT2D eigenvalue weighted by Crippen LogP contribution is -2.39. The van der Waals surface area contributed by atoms with E-state index >= 15 is 0 Å². The monoisotopic (exact) mass is 294 g/mol. The fraction of sp³-hybridized carbons (Fsp3) is 0.500.